The minimum atomic E-state index is -0.894. The lowest BCUT2D eigenvalue weighted by molar-refractivity contribution is -0.171. The van der Waals surface area contributed by atoms with E-state index in [1.807, 2.05) is 42.2 Å². The molecule has 5 nitrogen and oxygen atoms in total. The Morgan fingerprint density at radius 3 is 2.57 bits per heavy atom. The molecule has 21 heavy (non-hydrogen) atoms. The zero-order valence-corrected chi connectivity index (χ0v) is 12.4. The van der Waals surface area contributed by atoms with Crippen LogP contribution in [0.15, 0.2) is 30.3 Å². The molecular weight excluding hydrogens is 270 g/mol. The molecule has 1 aromatic carbocycles. The fourth-order valence-electron chi connectivity index (χ4n) is 2.89. The van der Waals surface area contributed by atoms with Gasteiger partial charge in [-0.3, -0.25) is 4.90 Å². The van der Waals surface area contributed by atoms with Gasteiger partial charge in [-0.1, -0.05) is 37.3 Å². The van der Waals surface area contributed by atoms with Crippen LogP contribution in [0.3, 0.4) is 0 Å². The first-order valence-corrected chi connectivity index (χ1v) is 7.54. The summed E-state index contributed by atoms with van der Waals surface area (Å²) in [5, 5.41) is 30.1. The number of likely N-dealkylation sites (tertiary alicyclic amines) is 1. The van der Waals surface area contributed by atoms with Crippen LogP contribution < -0.4 is 0 Å². The van der Waals surface area contributed by atoms with E-state index in [0.717, 1.165) is 18.5 Å². The van der Waals surface area contributed by atoms with Gasteiger partial charge in [-0.25, -0.2) is 0 Å². The predicted molar refractivity (Wildman–Crippen MR) is 79.8 cm³/mol. The highest BCUT2D eigenvalue weighted by Gasteiger charge is 2.42. The third-order valence-electron chi connectivity index (χ3n) is 3.98. The molecule has 0 spiro atoms. The van der Waals surface area contributed by atoms with Crippen molar-refractivity contribution in [1.29, 1.82) is 0 Å². The van der Waals surface area contributed by atoms with E-state index in [0.29, 0.717) is 13.2 Å². The molecule has 0 aromatic heterocycles. The number of nitrogens with zero attached hydrogens (tertiary/aromatic N) is 1. The van der Waals surface area contributed by atoms with Crippen molar-refractivity contribution >= 4 is 0 Å². The fraction of sp³-hybridized carbons (Fsp3) is 0.625. The van der Waals surface area contributed by atoms with Crippen molar-refractivity contribution in [2.75, 3.05) is 19.7 Å². The molecule has 0 saturated carbocycles. The summed E-state index contributed by atoms with van der Waals surface area (Å²) in [6.07, 6.45) is -1.41. The third kappa shape index (κ3) is 4.02. The maximum atomic E-state index is 10.4. The molecule has 1 fully saturated rings. The van der Waals surface area contributed by atoms with Gasteiger partial charge in [0.2, 0.25) is 0 Å². The first-order valence-electron chi connectivity index (χ1n) is 7.54. The SMILES string of the molecule is CCCN1C[C@H](O)[C@@H](OCc2ccccc2)[C@H](O)[C@H]1CO. The molecule has 4 atom stereocenters. The highest BCUT2D eigenvalue weighted by molar-refractivity contribution is 5.13. The van der Waals surface area contributed by atoms with Crippen molar-refractivity contribution in [1.82, 2.24) is 4.90 Å². The topological polar surface area (TPSA) is 73.2 Å². The first-order chi connectivity index (χ1) is 10.2. The van der Waals surface area contributed by atoms with Crippen LogP contribution >= 0.6 is 0 Å². The lowest BCUT2D eigenvalue weighted by Crippen LogP contribution is -2.63. The number of ether oxygens (including phenoxy) is 1. The zero-order chi connectivity index (χ0) is 15.2. The van der Waals surface area contributed by atoms with Crippen molar-refractivity contribution in [2.24, 2.45) is 0 Å². The maximum Gasteiger partial charge on any atom is 0.112 e. The van der Waals surface area contributed by atoms with Crippen molar-refractivity contribution < 1.29 is 20.1 Å². The molecule has 3 N–H and O–H groups in total. The van der Waals surface area contributed by atoms with Crippen molar-refractivity contribution in [3.05, 3.63) is 35.9 Å². The lowest BCUT2D eigenvalue weighted by atomic mass is 9.93. The van der Waals surface area contributed by atoms with Gasteiger partial charge in [0, 0.05) is 6.54 Å². The summed E-state index contributed by atoms with van der Waals surface area (Å²) in [7, 11) is 0. The van der Waals surface area contributed by atoms with E-state index in [1.54, 1.807) is 0 Å². The number of piperidine rings is 1. The molecule has 118 valence electrons. The second kappa shape index (κ2) is 7.87. The zero-order valence-electron chi connectivity index (χ0n) is 12.4. The van der Waals surface area contributed by atoms with E-state index in [9.17, 15) is 15.3 Å². The van der Waals surface area contributed by atoms with Crippen LogP contribution in [0.5, 0.6) is 0 Å². The lowest BCUT2D eigenvalue weighted by Gasteiger charge is -2.44. The van der Waals surface area contributed by atoms with Crippen LogP contribution in [0.25, 0.3) is 0 Å². The maximum absolute atomic E-state index is 10.4. The van der Waals surface area contributed by atoms with Crippen molar-refractivity contribution in [3.8, 4) is 0 Å². The highest BCUT2D eigenvalue weighted by atomic mass is 16.5. The minimum absolute atomic E-state index is 0.140. The van der Waals surface area contributed by atoms with Crippen LogP contribution in [-0.4, -0.2) is 64.3 Å². The number of hydrogen-bond acceptors (Lipinski definition) is 5. The van der Waals surface area contributed by atoms with Crippen molar-refractivity contribution in [2.45, 2.75) is 44.3 Å². The predicted octanol–water partition coefficient (Wildman–Crippen LogP) is 0.380. The Hall–Kier alpha value is -0.980. The summed E-state index contributed by atoms with van der Waals surface area (Å²) in [4.78, 5) is 1.93. The molecule has 0 radical (unpaired) electrons. The van der Waals surface area contributed by atoms with Gasteiger partial charge in [-0.2, -0.15) is 0 Å². The smallest absolute Gasteiger partial charge is 0.112 e. The molecule has 0 bridgehead atoms. The average molecular weight is 295 g/mol. The van der Waals surface area contributed by atoms with Crippen LogP contribution in [-0.2, 0) is 11.3 Å². The summed E-state index contributed by atoms with van der Waals surface area (Å²) in [6.45, 7) is 3.39. The molecule has 1 heterocycles. The van der Waals surface area contributed by atoms with E-state index >= 15 is 0 Å². The van der Waals surface area contributed by atoms with Gasteiger partial charge in [-0.05, 0) is 18.5 Å². The van der Waals surface area contributed by atoms with Gasteiger partial charge in [0.15, 0.2) is 0 Å². The molecule has 0 amide bonds. The Morgan fingerprint density at radius 2 is 1.95 bits per heavy atom. The van der Waals surface area contributed by atoms with E-state index in [1.165, 1.54) is 0 Å². The first kappa shape index (κ1) is 16.4. The van der Waals surface area contributed by atoms with Crippen molar-refractivity contribution in [3.63, 3.8) is 0 Å². The Labute approximate surface area is 125 Å². The Morgan fingerprint density at radius 1 is 1.24 bits per heavy atom. The fourth-order valence-corrected chi connectivity index (χ4v) is 2.89. The van der Waals surface area contributed by atoms with Gasteiger partial charge in [0.1, 0.15) is 12.2 Å². The summed E-state index contributed by atoms with van der Waals surface area (Å²) in [6, 6.07) is 9.27. The third-order valence-corrected chi connectivity index (χ3v) is 3.98. The van der Waals surface area contributed by atoms with Crippen LogP contribution in [0.1, 0.15) is 18.9 Å². The second-order valence-electron chi connectivity index (χ2n) is 5.56. The summed E-state index contributed by atoms with van der Waals surface area (Å²) < 4.78 is 5.71. The molecule has 0 aliphatic carbocycles. The monoisotopic (exact) mass is 295 g/mol. The van der Waals surface area contributed by atoms with Gasteiger partial charge >= 0.3 is 0 Å². The number of hydrogen-bond donors (Lipinski definition) is 3. The largest absolute Gasteiger partial charge is 0.395 e. The van der Waals surface area contributed by atoms with Crippen LogP contribution in [0.4, 0.5) is 0 Å². The Kier molecular flexibility index (Phi) is 6.14. The number of aliphatic hydroxyl groups is 3. The van der Waals surface area contributed by atoms with Gasteiger partial charge in [0.25, 0.3) is 0 Å². The Balaban J connectivity index is 1.99. The van der Waals surface area contributed by atoms with Gasteiger partial charge < -0.3 is 20.1 Å². The number of β-amino-alcohol motifs (C(OH)–C–C–N with tert-alkyl or cyclic N) is 1. The molecule has 5 heteroatoms. The average Bonchev–Trinajstić information content (AvgIpc) is 2.48. The Bertz CT molecular complexity index is 414. The van der Waals surface area contributed by atoms with E-state index in [-0.39, 0.29) is 12.6 Å². The summed E-state index contributed by atoms with van der Waals surface area (Å²) in [5.41, 5.74) is 0.994. The molecule has 1 aliphatic rings. The standard InChI is InChI=1S/C16H25NO4/c1-2-8-17-9-14(19)16(15(20)13(17)10-18)21-11-12-6-4-3-5-7-12/h3-7,13-16,18-20H,2,8-11H2,1H3/t13-,14+,15-,16-/m1/s1. The molecule has 0 unspecified atom stereocenters. The summed E-state index contributed by atoms with van der Waals surface area (Å²) in [5.74, 6) is 0. The molecular formula is C16H25NO4. The quantitative estimate of drug-likeness (QED) is 0.707. The number of benzene rings is 1. The number of aliphatic hydroxyl groups excluding tert-OH is 3. The van der Waals surface area contributed by atoms with Crippen LogP contribution in [0, 0.1) is 0 Å². The van der Waals surface area contributed by atoms with Gasteiger partial charge in [-0.15, -0.1) is 0 Å². The van der Waals surface area contributed by atoms with Crippen LogP contribution in [0.2, 0.25) is 0 Å². The van der Waals surface area contributed by atoms with Gasteiger partial charge in [0.05, 0.1) is 25.4 Å². The van der Waals surface area contributed by atoms with E-state index in [2.05, 4.69) is 0 Å². The molecule has 1 saturated heterocycles. The number of rotatable bonds is 6. The highest BCUT2D eigenvalue weighted by Crippen LogP contribution is 2.22. The molecule has 1 aromatic rings. The molecule has 2 rings (SSSR count). The molecule has 1 aliphatic heterocycles. The second-order valence-corrected chi connectivity index (χ2v) is 5.56. The normalized spacial score (nSPS) is 30.5. The summed E-state index contributed by atoms with van der Waals surface area (Å²) >= 11 is 0. The minimum Gasteiger partial charge on any atom is -0.395 e. The van der Waals surface area contributed by atoms with E-state index < -0.39 is 18.3 Å². The van der Waals surface area contributed by atoms with E-state index in [4.69, 9.17) is 4.74 Å².